The fourth-order valence-electron chi connectivity index (χ4n) is 4.92. The summed E-state index contributed by atoms with van der Waals surface area (Å²) >= 11 is 5.28. The normalized spacial score (nSPS) is 33.2. The van der Waals surface area contributed by atoms with Crippen molar-refractivity contribution in [2.45, 2.75) is 35.3 Å². The number of ketones is 1. The Hall–Kier alpha value is -1.60. The molecule has 0 amide bonds. The molecule has 0 unspecified atom stereocenters. The molecule has 5 aliphatic rings. The van der Waals surface area contributed by atoms with Gasteiger partial charge in [-0.3, -0.25) is 14.8 Å². The van der Waals surface area contributed by atoms with Gasteiger partial charge < -0.3 is 10.4 Å². The van der Waals surface area contributed by atoms with Crippen LogP contribution in [0.3, 0.4) is 0 Å². The molecule has 0 saturated carbocycles. The average molecular weight is 416 g/mol. The molecule has 0 radical (unpaired) electrons. The van der Waals surface area contributed by atoms with Crippen molar-refractivity contribution in [1.82, 2.24) is 0 Å². The van der Waals surface area contributed by atoms with Crippen molar-refractivity contribution in [2.75, 3.05) is 11.9 Å². The second kappa shape index (κ2) is 4.57. The lowest BCUT2D eigenvalue weighted by Crippen LogP contribution is -2.48. The highest BCUT2D eigenvalue weighted by atomic mass is 79.9. The first kappa shape index (κ1) is 14.6. The van der Waals surface area contributed by atoms with Gasteiger partial charge in [0.2, 0.25) is 0 Å². The van der Waals surface area contributed by atoms with Gasteiger partial charge >= 0.3 is 0 Å². The zero-order valence-corrected chi connectivity index (χ0v) is 15.6. The molecule has 1 saturated heterocycles. The Morgan fingerprint density at radius 2 is 2.32 bits per heavy atom. The van der Waals surface area contributed by atoms with Gasteiger partial charge in [0, 0.05) is 40.6 Å². The summed E-state index contributed by atoms with van der Waals surface area (Å²) in [7, 11) is 0. The molecule has 4 aliphatic heterocycles. The first-order chi connectivity index (χ1) is 12.1. The number of phenolic OH excluding ortho intramolecular Hbond substituents is 1. The Kier molecular flexibility index (Phi) is 2.66. The third kappa shape index (κ3) is 1.64. The van der Waals surface area contributed by atoms with Crippen molar-refractivity contribution in [3.63, 3.8) is 0 Å². The number of aromatic hydroxyl groups is 1. The van der Waals surface area contributed by atoms with Crippen molar-refractivity contribution in [3.05, 3.63) is 26.7 Å². The number of allylic oxidation sites excluding steroid dienone is 2. The monoisotopic (exact) mass is 415 g/mol. The smallest absolute Gasteiger partial charge is 0.170 e. The van der Waals surface area contributed by atoms with Crippen LogP contribution in [0.5, 0.6) is 5.75 Å². The minimum absolute atomic E-state index is 0.156. The highest BCUT2D eigenvalue weighted by Crippen LogP contribution is 2.60. The minimum atomic E-state index is -0.265. The zero-order valence-electron chi connectivity index (χ0n) is 13.2. The molecule has 5 nitrogen and oxygen atoms in total. The Morgan fingerprint density at radius 1 is 1.44 bits per heavy atom. The molecule has 0 aromatic heterocycles. The molecule has 126 valence electrons. The van der Waals surface area contributed by atoms with Gasteiger partial charge in [-0.1, -0.05) is 6.08 Å². The van der Waals surface area contributed by atoms with Crippen LogP contribution in [-0.4, -0.2) is 34.3 Å². The molecule has 6 rings (SSSR count). The molecule has 3 atom stereocenters. The minimum Gasteiger partial charge on any atom is -0.504 e. The molecule has 1 spiro atoms. The zero-order chi connectivity index (χ0) is 16.9. The van der Waals surface area contributed by atoms with E-state index in [1.165, 1.54) is 0 Å². The average Bonchev–Trinajstić information content (AvgIpc) is 3.13. The van der Waals surface area contributed by atoms with E-state index in [-0.39, 0.29) is 27.6 Å². The standard InChI is InChI=1S/C18H14BrN3O2S/c19-8-4-18-5-11(25-10(18)3-9(8)23)22-16-13(18)14-12-7(1-2-20-14)6-21-15(12)17(16)24/h4,6,10-11,22,24H,1-3,5H2/t10-,11+,18+/m1/s1. The van der Waals surface area contributed by atoms with Crippen LogP contribution >= 0.6 is 27.7 Å². The fourth-order valence-corrected chi connectivity index (χ4v) is 7.22. The molecule has 2 N–H and O–H groups in total. The van der Waals surface area contributed by atoms with Crippen molar-refractivity contribution in [1.29, 1.82) is 0 Å². The predicted octanol–water partition coefficient (Wildman–Crippen LogP) is 2.03. The summed E-state index contributed by atoms with van der Waals surface area (Å²) in [5.41, 5.74) is 3.36. The van der Waals surface area contributed by atoms with Crippen molar-refractivity contribution in [3.8, 4) is 5.75 Å². The highest BCUT2D eigenvalue weighted by molar-refractivity contribution is 9.12. The molecule has 1 aliphatic carbocycles. The Labute approximate surface area is 156 Å². The van der Waals surface area contributed by atoms with E-state index in [2.05, 4.69) is 32.3 Å². The van der Waals surface area contributed by atoms with E-state index < -0.39 is 0 Å². The maximum Gasteiger partial charge on any atom is 0.170 e. The quantitative estimate of drug-likeness (QED) is 0.635. The van der Waals surface area contributed by atoms with E-state index in [1.807, 2.05) is 6.21 Å². The van der Waals surface area contributed by atoms with E-state index in [9.17, 15) is 9.90 Å². The summed E-state index contributed by atoms with van der Waals surface area (Å²) in [4.78, 5) is 21.6. The first-order valence-corrected chi connectivity index (χ1v) is 10.2. The number of fused-ring (bicyclic) bond motifs is 3. The Bertz CT molecular complexity index is 1080. The van der Waals surface area contributed by atoms with Crippen LogP contribution in [0.2, 0.25) is 0 Å². The number of aliphatic imine (C=N–C) groups is 1. The maximum absolute atomic E-state index is 12.3. The molecule has 25 heavy (non-hydrogen) atoms. The van der Waals surface area contributed by atoms with Gasteiger partial charge in [-0.25, -0.2) is 0 Å². The lowest BCUT2D eigenvalue weighted by molar-refractivity contribution is -0.115. The van der Waals surface area contributed by atoms with Crippen LogP contribution in [0.15, 0.2) is 20.5 Å². The number of nitrogens with one attached hydrogen (secondary N) is 1. The van der Waals surface area contributed by atoms with Gasteiger partial charge in [-0.15, -0.1) is 11.8 Å². The Balaban J connectivity index is 1.79. The Morgan fingerprint density at radius 3 is 3.20 bits per heavy atom. The van der Waals surface area contributed by atoms with Crippen LogP contribution in [-0.2, 0) is 10.2 Å². The molecule has 1 aromatic rings. The van der Waals surface area contributed by atoms with Crippen LogP contribution in [0.25, 0.3) is 5.57 Å². The number of halogens is 1. The van der Waals surface area contributed by atoms with Crippen molar-refractivity contribution < 1.29 is 9.90 Å². The molecular formula is C18H14BrN3O2S. The van der Waals surface area contributed by atoms with Crippen LogP contribution < -0.4 is 15.9 Å². The summed E-state index contributed by atoms with van der Waals surface area (Å²) in [5.74, 6) is 0.382. The lowest BCUT2D eigenvalue weighted by Gasteiger charge is -2.39. The van der Waals surface area contributed by atoms with E-state index in [1.54, 1.807) is 11.8 Å². The summed E-state index contributed by atoms with van der Waals surface area (Å²) < 4.78 is 0.654. The van der Waals surface area contributed by atoms with Gasteiger partial charge in [0.05, 0.1) is 20.9 Å². The number of carbonyl (C=O) groups excluding carboxylic acids is 1. The fraction of sp³-hybridized carbons (Fsp3) is 0.389. The number of carbonyl (C=O) groups is 1. The predicted molar refractivity (Wildman–Crippen MR) is 102 cm³/mol. The largest absolute Gasteiger partial charge is 0.504 e. The first-order valence-electron chi connectivity index (χ1n) is 8.43. The molecule has 1 fully saturated rings. The summed E-state index contributed by atoms with van der Waals surface area (Å²) in [6.07, 6.45) is 6.24. The number of nitrogens with zero attached hydrogens (tertiary/aromatic N) is 2. The van der Waals surface area contributed by atoms with Gasteiger partial charge in [0.1, 0.15) is 5.69 Å². The van der Waals surface area contributed by atoms with Crippen molar-refractivity contribution >= 4 is 56.6 Å². The summed E-state index contributed by atoms with van der Waals surface area (Å²) in [6, 6.07) is 0. The molecule has 7 heteroatoms. The summed E-state index contributed by atoms with van der Waals surface area (Å²) in [5, 5.41) is 16.8. The molecule has 1 aromatic carbocycles. The molecule has 2 bridgehead atoms. The number of Topliss-reactive ketones (excluding diaryl/α,β-unsaturated/α-hetero) is 1. The lowest BCUT2D eigenvalue weighted by atomic mass is 9.68. The number of hydrogen-bond acceptors (Lipinski definition) is 6. The number of thioether (sulfide) groups is 1. The van der Waals surface area contributed by atoms with Gasteiger partial charge in [0.15, 0.2) is 11.5 Å². The second-order valence-corrected chi connectivity index (χ2v) is 9.47. The van der Waals surface area contributed by atoms with E-state index in [0.717, 1.165) is 46.8 Å². The van der Waals surface area contributed by atoms with Gasteiger partial charge in [-0.2, -0.15) is 0 Å². The third-order valence-corrected chi connectivity index (χ3v) is 8.16. The SMILES string of the molecule is O=C1C[C@H]2S[C@H]3C[C@]2(C=C1Br)c1c(c(O)c2c4c1=NCCC=4C=N2)N3. The van der Waals surface area contributed by atoms with E-state index in [4.69, 9.17) is 4.99 Å². The van der Waals surface area contributed by atoms with Crippen LogP contribution in [0, 0.1) is 0 Å². The van der Waals surface area contributed by atoms with Gasteiger partial charge in [0.25, 0.3) is 0 Å². The summed E-state index contributed by atoms with van der Waals surface area (Å²) in [6.45, 7) is 0.742. The molecule has 4 heterocycles. The number of anilines is 1. The number of rotatable bonds is 0. The van der Waals surface area contributed by atoms with E-state index in [0.29, 0.717) is 16.6 Å². The number of phenols is 1. The number of hydrogen-bond donors (Lipinski definition) is 2. The van der Waals surface area contributed by atoms with Crippen LogP contribution in [0.1, 0.15) is 24.8 Å². The second-order valence-electron chi connectivity index (χ2n) is 7.21. The highest BCUT2D eigenvalue weighted by Gasteiger charge is 2.56. The number of benzene rings is 1. The van der Waals surface area contributed by atoms with Crippen molar-refractivity contribution in [2.24, 2.45) is 9.98 Å². The molecular weight excluding hydrogens is 402 g/mol. The maximum atomic E-state index is 12.3. The topological polar surface area (TPSA) is 74.0 Å². The van der Waals surface area contributed by atoms with Gasteiger partial charge in [-0.05, 0) is 34.3 Å². The third-order valence-electron chi connectivity index (χ3n) is 5.96. The van der Waals surface area contributed by atoms with Crippen LogP contribution in [0.4, 0.5) is 11.4 Å². The van der Waals surface area contributed by atoms with E-state index >= 15 is 0 Å².